The molecule has 0 fully saturated rings. The highest BCUT2D eigenvalue weighted by atomic mass is 16.1. The number of rotatable bonds is 2. The Kier molecular flexibility index (Phi) is 3.13. The maximum Gasteiger partial charge on any atom is 0.274 e. The second-order valence-corrected chi connectivity index (χ2v) is 4.49. The van der Waals surface area contributed by atoms with E-state index < -0.39 is 0 Å². The molecule has 4 heteroatoms. The van der Waals surface area contributed by atoms with Gasteiger partial charge in [0.15, 0.2) is 0 Å². The van der Waals surface area contributed by atoms with Crippen LogP contribution in [0.3, 0.4) is 0 Å². The summed E-state index contributed by atoms with van der Waals surface area (Å²) in [6.45, 7) is 1.86. The van der Waals surface area contributed by atoms with Gasteiger partial charge in [0.1, 0.15) is 5.69 Å². The van der Waals surface area contributed by atoms with E-state index in [4.69, 9.17) is 0 Å². The first-order valence-corrected chi connectivity index (χ1v) is 6.33. The zero-order chi connectivity index (χ0) is 13.9. The van der Waals surface area contributed by atoms with E-state index in [1.54, 1.807) is 12.3 Å². The van der Waals surface area contributed by atoms with Crippen LogP contribution in [-0.2, 0) is 0 Å². The first-order valence-electron chi connectivity index (χ1n) is 6.33. The zero-order valence-corrected chi connectivity index (χ0v) is 11.0. The Hall–Kier alpha value is -2.75. The number of nitrogens with one attached hydrogen (secondary N) is 1. The fourth-order valence-electron chi connectivity index (χ4n) is 2.07. The van der Waals surface area contributed by atoms with E-state index in [0.29, 0.717) is 5.69 Å². The molecule has 0 saturated carbocycles. The van der Waals surface area contributed by atoms with E-state index in [-0.39, 0.29) is 5.91 Å². The molecular weight excluding hydrogens is 250 g/mol. The van der Waals surface area contributed by atoms with Crippen LogP contribution in [-0.4, -0.2) is 15.9 Å². The summed E-state index contributed by atoms with van der Waals surface area (Å²) in [5, 5.41) is 3.80. The number of fused-ring (bicyclic) bond motifs is 1. The van der Waals surface area contributed by atoms with Gasteiger partial charge in [-0.2, -0.15) is 0 Å². The number of amides is 1. The number of carbonyl (C=O) groups is 1. The third kappa shape index (κ3) is 2.36. The standard InChI is InChI=1S/C16H13N3O/c1-11-5-2-9-15(18-11)16(20)19-14-8-3-7-13-12(14)6-4-10-17-13/h2-10H,1H3,(H,19,20). The molecule has 0 bridgehead atoms. The molecule has 0 saturated heterocycles. The van der Waals surface area contributed by atoms with Crippen molar-refractivity contribution >= 4 is 22.5 Å². The predicted octanol–water partition coefficient (Wildman–Crippen LogP) is 3.19. The fraction of sp³-hybridized carbons (Fsp3) is 0.0625. The minimum atomic E-state index is -0.218. The lowest BCUT2D eigenvalue weighted by Crippen LogP contribution is -2.14. The molecule has 0 spiro atoms. The van der Waals surface area contributed by atoms with Crippen molar-refractivity contribution in [2.45, 2.75) is 6.92 Å². The van der Waals surface area contributed by atoms with Crippen molar-refractivity contribution in [1.82, 2.24) is 9.97 Å². The van der Waals surface area contributed by atoms with Crippen LogP contribution in [0.5, 0.6) is 0 Å². The molecule has 2 heterocycles. The van der Waals surface area contributed by atoms with Crippen molar-refractivity contribution in [2.24, 2.45) is 0 Å². The van der Waals surface area contributed by atoms with E-state index in [1.165, 1.54) is 0 Å². The molecule has 0 aliphatic rings. The van der Waals surface area contributed by atoms with Crippen LogP contribution in [0.15, 0.2) is 54.7 Å². The average Bonchev–Trinajstić information content (AvgIpc) is 2.47. The van der Waals surface area contributed by atoms with Crippen molar-refractivity contribution in [3.8, 4) is 0 Å². The predicted molar refractivity (Wildman–Crippen MR) is 78.7 cm³/mol. The topological polar surface area (TPSA) is 54.9 Å². The largest absolute Gasteiger partial charge is 0.320 e. The van der Waals surface area contributed by atoms with Crippen molar-refractivity contribution in [1.29, 1.82) is 0 Å². The summed E-state index contributed by atoms with van der Waals surface area (Å²) >= 11 is 0. The maximum atomic E-state index is 12.2. The molecule has 1 aromatic carbocycles. The summed E-state index contributed by atoms with van der Waals surface area (Å²) in [5.74, 6) is -0.218. The Morgan fingerprint density at radius 1 is 1.05 bits per heavy atom. The molecule has 2 aromatic heterocycles. The van der Waals surface area contributed by atoms with Crippen molar-refractivity contribution in [2.75, 3.05) is 5.32 Å². The molecule has 0 aliphatic carbocycles. The lowest BCUT2D eigenvalue weighted by molar-refractivity contribution is 0.102. The quantitative estimate of drug-likeness (QED) is 0.772. The van der Waals surface area contributed by atoms with Crippen molar-refractivity contribution in [3.05, 3.63) is 66.1 Å². The third-order valence-electron chi connectivity index (χ3n) is 3.01. The number of carbonyl (C=O) groups excluding carboxylic acids is 1. The molecule has 1 amide bonds. The Bertz CT molecular complexity index is 778. The summed E-state index contributed by atoms with van der Waals surface area (Å²) in [7, 11) is 0. The van der Waals surface area contributed by atoms with Crippen LogP contribution in [0.25, 0.3) is 10.9 Å². The summed E-state index contributed by atoms with van der Waals surface area (Å²) in [5.41, 5.74) is 2.81. The van der Waals surface area contributed by atoms with E-state index in [1.807, 2.05) is 49.4 Å². The van der Waals surface area contributed by atoms with Gasteiger partial charge in [0.25, 0.3) is 5.91 Å². The maximum absolute atomic E-state index is 12.2. The van der Waals surface area contributed by atoms with Gasteiger partial charge in [0, 0.05) is 17.3 Å². The number of nitrogens with zero attached hydrogens (tertiary/aromatic N) is 2. The highest BCUT2D eigenvalue weighted by molar-refractivity contribution is 6.07. The third-order valence-corrected chi connectivity index (χ3v) is 3.01. The summed E-state index contributed by atoms with van der Waals surface area (Å²) in [4.78, 5) is 20.7. The van der Waals surface area contributed by atoms with Gasteiger partial charge in [-0.15, -0.1) is 0 Å². The van der Waals surface area contributed by atoms with Gasteiger partial charge in [-0.3, -0.25) is 9.78 Å². The lowest BCUT2D eigenvalue weighted by atomic mass is 10.2. The number of benzene rings is 1. The molecule has 0 atom stereocenters. The summed E-state index contributed by atoms with van der Waals surface area (Å²) in [6.07, 6.45) is 1.73. The number of pyridine rings is 2. The lowest BCUT2D eigenvalue weighted by Gasteiger charge is -2.08. The molecule has 0 aliphatic heterocycles. The molecular formula is C16H13N3O. The molecule has 4 nitrogen and oxygen atoms in total. The van der Waals surface area contributed by atoms with Crippen molar-refractivity contribution < 1.29 is 4.79 Å². The monoisotopic (exact) mass is 263 g/mol. The average molecular weight is 263 g/mol. The van der Waals surface area contributed by atoms with Gasteiger partial charge in [-0.25, -0.2) is 4.98 Å². The van der Waals surface area contributed by atoms with Gasteiger partial charge in [-0.1, -0.05) is 12.1 Å². The van der Waals surface area contributed by atoms with E-state index in [0.717, 1.165) is 22.3 Å². The van der Waals surface area contributed by atoms with Crippen LogP contribution < -0.4 is 5.32 Å². The van der Waals surface area contributed by atoms with Crippen LogP contribution in [0.4, 0.5) is 5.69 Å². The van der Waals surface area contributed by atoms with Crippen LogP contribution in [0.1, 0.15) is 16.2 Å². The van der Waals surface area contributed by atoms with Gasteiger partial charge >= 0.3 is 0 Å². The molecule has 20 heavy (non-hydrogen) atoms. The molecule has 3 aromatic rings. The Labute approximate surface area is 116 Å². The molecule has 0 unspecified atom stereocenters. The first kappa shape index (κ1) is 12.3. The van der Waals surface area contributed by atoms with E-state index in [9.17, 15) is 4.79 Å². The molecule has 1 N–H and O–H groups in total. The Morgan fingerprint density at radius 2 is 1.90 bits per heavy atom. The summed E-state index contributed by atoms with van der Waals surface area (Å²) < 4.78 is 0. The minimum Gasteiger partial charge on any atom is -0.320 e. The van der Waals surface area contributed by atoms with Gasteiger partial charge < -0.3 is 5.32 Å². The Balaban J connectivity index is 1.95. The fourth-order valence-corrected chi connectivity index (χ4v) is 2.07. The number of aromatic nitrogens is 2. The number of hydrogen-bond donors (Lipinski definition) is 1. The van der Waals surface area contributed by atoms with Crippen LogP contribution in [0.2, 0.25) is 0 Å². The summed E-state index contributed by atoms with van der Waals surface area (Å²) in [6, 6.07) is 14.8. The second kappa shape index (κ2) is 5.09. The molecule has 0 radical (unpaired) electrons. The molecule has 98 valence electrons. The van der Waals surface area contributed by atoms with Gasteiger partial charge in [0.05, 0.1) is 11.2 Å². The highest BCUT2D eigenvalue weighted by Crippen LogP contribution is 2.21. The normalized spacial score (nSPS) is 10.4. The van der Waals surface area contributed by atoms with Crippen LogP contribution in [0, 0.1) is 6.92 Å². The number of hydrogen-bond acceptors (Lipinski definition) is 3. The molecule has 3 rings (SSSR count). The highest BCUT2D eigenvalue weighted by Gasteiger charge is 2.09. The Morgan fingerprint density at radius 3 is 2.75 bits per heavy atom. The SMILES string of the molecule is Cc1cccc(C(=O)Nc2cccc3ncccc23)n1. The smallest absolute Gasteiger partial charge is 0.274 e. The van der Waals surface area contributed by atoms with Gasteiger partial charge in [0.2, 0.25) is 0 Å². The first-order chi connectivity index (χ1) is 9.74. The van der Waals surface area contributed by atoms with Crippen LogP contribution >= 0.6 is 0 Å². The minimum absolute atomic E-state index is 0.218. The number of aryl methyl sites for hydroxylation is 1. The van der Waals surface area contributed by atoms with E-state index >= 15 is 0 Å². The zero-order valence-electron chi connectivity index (χ0n) is 11.0. The van der Waals surface area contributed by atoms with Crippen molar-refractivity contribution in [3.63, 3.8) is 0 Å². The second-order valence-electron chi connectivity index (χ2n) is 4.49. The number of anilines is 1. The van der Waals surface area contributed by atoms with Gasteiger partial charge in [-0.05, 0) is 43.3 Å². The van der Waals surface area contributed by atoms with E-state index in [2.05, 4.69) is 15.3 Å².